The van der Waals surface area contributed by atoms with E-state index in [1.54, 1.807) is 0 Å². The molecule has 0 unspecified atom stereocenters. The SMILES string of the molecule is NC(=O)Cc1cccc(OCc2ccc(C3CCNCC3)cc2)c1. The molecule has 126 valence electrons. The third-order valence-corrected chi connectivity index (χ3v) is 4.47. The Kier molecular flexibility index (Phi) is 5.49. The van der Waals surface area contributed by atoms with Crippen LogP contribution in [-0.2, 0) is 17.8 Å². The van der Waals surface area contributed by atoms with E-state index in [0.717, 1.165) is 30.0 Å². The molecule has 1 aliphatic heterocycles. The van der Waals surface area contributed by atoms with Crippen LogP contribution in [-0.4, -0.2) is 19.0 Å². The molecule has 1 amide bonds. The Hall–Kier alpha value is -2.33. The molecule has 4 nitrogen and oxygen atoms in total. The summed E-state index contributed by atoms with van der Waals surface area (Å²) in [7, 11) is 0. The average Bonchev–Trinajstić information content (AvgIpc) is 2.61. The number of hydrogen-bond acceptors (Lipinski definition) is 3. The Morgan fingerprint density at radius 3 is 2.54 bits per heavy atom. The molecule has 0 saturated carbocycles. The Morgan fingerprint density at radius 1 is 1.08 bits per heavy atom. The number of amides is 1. The van der Waals surface area contributed by atoms with Crippen molar-refractivity contribution in [1.29, 1.82) is 0 Å². The predicted molar refractivity (Wildman–Crippen MR) is 95.0 cm³/mol. The van der Waals surface area contributed by atoms with E-state index in [2.05, 4.69) is 29.6 Å². The van der Waals surface area contributed by atoms with Crippen molar-refractivity contribution < 1.29 is 9.53 Å². The second-order valence-electron chi connectivity index (χ2n) is 6.35. The van der Waals surface area contributed by atoms with E-state index in [-0.39, 0.29) is 12.3 Å². The molecule has 0 radical (unpaired) electrons. The molecule has 2 aromatic rings. The van der Waals surface area contributed by atoms with Gasteiger partial charge in [0.25, 0.3) is 0 Å². The van der Waals surface area contributed by atoms with E-state index in [4.69, 9.17) is 10.5 Å². The molecular weight excluding hydrogens is 300 g/mol. The number of ether oxygens (including phenoxy) is 1. The van der Waals surface area contributed by atoms with Crippen molar-refractivity contribution in [3.63, 3.8) is 0 Å². The van der Waals surface area contributed by atoms with Gasteiger partial charge in [-0.15, -0.1) is 0 Å². The Bertz CT molecular complexity index is 676. The highest BCUT2D eigenvalue weighted by Crippen LogP contribution is 2.25. The maximum absolute atomic E-state index is 11.0. The standard InChI is InChI=1S/C20H24N2O2/c21-20(23)13-16-2-1-3-19(12-16)24-14-15-4-6-17(7-5-15)18-8-10-22-11-9-18/h1-7,12,18,22H,8-11,13-14H2,(H2,21,23). The third-order valence-electron chi connectivity index (χ3n) is 4.47. The first-order chi connectivity index (χ1) is 11.7. The van der Waals surface area contributed by atoms with Gasteiger partial charge < -0.3 is 15.8 Å². The van der Waals surface area contributed by atoms with E-state index in [9.17, 15) is 4.79 Å². The maximum atomic E-state index is 11.0. The van der Waals surface area contributed by atoms with Crippen LogP contribution >= 0.6 is 0 Å². The Balaban J connectivity index is 1.57. The van der Waals surface area contributed by atoms with Gasteiger partial charge in [0.05, 0.1) is 6.42 Å². The van der Waals surface area contributed by atoms with Crippen molar-refractivity contribution in [2.24, 2.45) is 5.73 Å². The smallest absolute Gasteiger partial charge is 0.221 e. The van der Waals surface area contributed by atoms with Crippen LogP contribution in [0.1, 0.15) is 35.4 Å². The number of hydrogen-bond donors (Lipinski definition) is 2. The molecule has 24 heavy (non-hydrogen) atoms. The van der Waals surface area contributed by atoms with Crippen molar-refractivity contribution in [3.05, 3.63) is 65.2 Å². The van der Waals surface area contributed by atoms with Crippen LogP contribution in [0.4, 0.5) is 0 Å². The van der Waals surface area contributed by atoms with Crippen LogP contribution in [0, 0.1) is 0 Å². The first-order valence-electron chi connectivity index (χ1n) is 8.50. The summed E-state index contributed by atoms with van der Waals surface area (Å²) in [4.78, 5) is 11.0. The molecule has 0 aliphatic carbocycles. The van der Waals surface area contributed by atoms with Gasteiger partial charge >= 0.3 is 0 Å². The zero-order valence-electron chi connectivity index (χ0n) is 13.8. The summed E-state index contributed by atoms with van der Waals surface area (Å²) in [5, 5.41) is 3.40. The van der Waals surface area contributed by atoms with Gasteiger partial charge in [-0.25, -0.2) is 0 Å². The summed E-state index contributed by atoms with van der Waals surface area (Å²) in [5.41, 5.74) is 8.67. The van der Waals surface area contributed by atoms with Gasteiger partial charge in [-0.05, 0) is 60.7 Å². The lowest BCUT2D eigenvalue weighted by Gasteiger charge is -2.23. The van der Waals surface area contributed by atoms with Crippen molar-refractivity contribution in [3.8, 4) is 5.75 Å². The van der Waals surface area contributed by atoms with Gasteiger partial charge in [0.15, 0.2) is 0 Å². The number of rotatable bonds is 6. The first kappa shape index (κ1) is 16.5. The van der Waals surface area contributed by atoms with Gasteiger partial charge in [0.2, 0.25) is 5.91 Å². The highest BCUT2D eigenvalue weighted by atomic mass is 16.5. The molecule has 0 bridgehead atoms. The lowest BCUT2D eigenvalue weighted by Crippen LogP contribution is -2.26. The van der Waals surface area contributed by atoms with Crippen LogP contribution in [0.2, 0.25) is 0 Å². The normalized spacial score (nSPS) is 15.2. The van der Waals surface area contributed by atoms with E-state index < -0.39 is 0 Å². The number of piperidine rings is 1. The van der Waals surface area contributed by atoms with E-state index in [1.165, 1.54) is 18.4 Å². The summed E-state index contributed by atoms with van der Waals surface area (Å²) in [6.07, 6.45) is 2.66. The fourth-order valence-electron chi connectivity index (χ4n) is 3.15. The van der Waals surface area contributed by atoms with Gasteiger partial charge in [-0.1, -0.05) is 36.4 Å². The zero-order chi connectivity index (χ0) is 16.8. The number of nitrogens with two attached hydrogens (primary N) is 1. The minimum Gasteiger partial charge on any atom is -0.489 e. The van der Waals surface area contributed by atoms with E-state index >= 15 is 0 Å². The lowest BCUT2D eigenvalue weighted by atomic mass is 9.90. The second-order valence-corrected chi connectivity index (χ2v) is 6.35. The van der Waals surface area contributed by atoms with Crippen LogP contribution in [0.3, 0.4) is 0 Å². The number of primary amides is 1. The average molecular weight is 324 g/mol. The second kappa shape index (κ2) is 7.97. The quantitative estimate of drug-likeness (QED) is 0.859. The van der Waals surface area contributed by atoms with Crippen LogP contribution in [0.5, 0.6) is 5.75 Å². The molecule has 0 spiro atoms. The molecular formula is C20H24N2O2. The molecule has 1 fully saturated rings. The highest BCUT2D eigenvalue weighted by Gasteiger charge is 2.14. The largest absolute Gasteiger partial charge is 0.489 e. The van der Waals surface area contributed by atoms with Gasteiger partial charge in [-0.3, -0.25) is 4.79 Å². The predicted octanol–water partition coefficient (Wildman–Crippen LogP) is 2.76. The number of carbonyl (C=O) groups excluding carboxylic acids is 1. The van der Waals surface area contributed by atoms with Crippen molar-refractivity contribution >= 4 is 5.91 Å². The fraction of sp³-hybridized carbons (Fsp3) is 0.350. The molecule has 0 aromatic heterocycles. The van der Waals surface area contributed by atoms with E-state index in [1.807, 2.05) is 24.3 Å². The third kappa shape index (κ3) is 4.59. The molecule has 2 aromatic carbocycles. The number of carbonyl (C=O) groups is 1. The van der Waals surface area contributed by atoms with Gasteiger partial charge in [0.1, 0.15) is 12.4 Å². The highest BCUT2D eigenvalue weighted by molar-refractivity contribution is 5.76. The van der Waals surface area contributed by atoms with Crippen molar-refractivity contribution in [2.45, 2.75) is 31.8 Å². The van der Waals surface area contributed by atoms with Crippen LogP contribution in [0.15, 0.2) is 48.5 Å². The molecule has 3 rings (SSSR count). The summed E-state index contributed by atoms with van der Waals surface area (Å²) in [6, 6.07) is 16.3. The van der Waals surface area contributed by atoms with E-state index in [0.29, 0.717) is 12.5 Å². The molecule has 3 N–H and O–H groups in total. The first-order valence-corrected chi connectivity index (χ1v) is 8.50. The van der Waals surface area contributed by atoms with Crippen molar-refractivity contribution in [1.82, 2.24) is 5.32 Å². The topological polar surface area (TPSA) is 64.4 Å². The lowest BCUT2D eigenvalue weighted by molar-refractivity contribution is -0.117. The monoisotopic (exact) mass is 324 g/mol. The molecule has 1 aliphatic rings. The number of nitrogens with one attached hydrogen (secondary N) is 1. The Morgan fingerprint density at radius 2 is 1.83 bits per heavy atom. The fourth-order valence-corrected chi connectivity index (χ4v) is 3.15. The summed E-state index contributed by atoms with van der Waals surface area (Å²) >= 11 is 0. The van der Waals surface area contributed by atoms with Crippen LogP contribution in [0.25, 0.3) is 0 Å². The number of benzene rings is 2. The minimum absolute atomic E-state index is 0.238. The van der Waals surface area contributed by atoms with Gasteiger partial charge in [0, 0.05) is 0 Å². The van der Waals surface area contributed by atoms with Gasteiger partial charge in [-0.2, -0.15) is 0 Å². The van der Waals surface area contributed by atoms with Crippen molar-refractivity contribution in [2.75, 3.05) is 13.1 Å². The minimum atomic E-state index is -0.333. The summed E-state index contributed by atoms with van der Waals surface area (Å²) < 4.78 is 5.84. The molecule has 0 atom stereocenters. The maximum Gasteiger partial charge on any atom is 0.221 e. The van der Waals surface area contributed by atoms with Crippen LogP contribution < -0.4 is 15.8 Å². The summed E-state index contributed by atoms with van der Waals surface area (Å²) in [6.45, 7) is 2.74. The zero-order valence-corrected chi connectivity index (χ0v) is 13.8. The summed E-state index contributed by atoms with van der Waals surface area (Å²) in [5.74, 6) is 1.10. The Labute approximate surface area is 143 Å². The molecule has 1 heterocycles. The molecule has 4 heteroatoms. The molecule has 1 saturated heterocycles.